The third-order valence-electron chi connectivity index (χ3n) is 19.7. The number of rotatable bonds is 16. The number of para-hydroxylation sites is 4. The molecule has 20 aromatic rings. The first-order valence-corrected chi connectivity index (χ1v) is 47.3. The van der Waals surface area contributed by atoms with Gasteiger partial charge in [-0.1, -0.05) is 189 Å². The maximum atomic E-state index is 12.3. The molecule has 0 atom stereocenters. The predicted molar refractivity (Wildman–Crippen MR) is 534 cm³/mol. The molecule has 0 fully saturated rings. The summed E-state index contributed by atoms with van der Waals surface area (Å²) in [5.41, 5.74) is 6.61. The summed E-state index contributed by atoms with van der Waals surface area (Å²) in [6.07, 6.45) is 15.3. The van der Waals surface area contributed by atoms with E-state index in [1.165, 1.54) is 33.8 Å². The number of halogens is 7. The molecule has 20 rings (SSSR count). The normalized spacial score (nSPS) is 11.0. The van der Waals surface area contributed by atoms with E-state index in [1.807, 2.05) is 184 Å². The highest BCUT2D eigenvalue weighted by atomic mass is 79.9. The highest BCUT2D eigenvalue weighted by Crippen LogP contribution is 2.32. The maximum absolute atomic E-state index is 12.3. The molecule has 0 radical (unpaired) electrons. The molecule has 2 N–H and O–H groups in total. The lowest BCUT2D eigenvalue weighted by molar-refractivity contribution is 0.221. The Morgan fingerprint density at radius 2 is 0.766 bits per heavy atom. The van der Waals surface area contributed by atoms with Gasteiger partial charge in [0.05, 0.1) is 54.3 Å². The van der Waals surface area contributed by atoms with Crippen LogP contribution in [0.2, 0.25) is 15.5 Å². The molecule has 9 aromatic heterocycles. The number of nitrogens with one attached hydrogen (secondary N) is 1. The van der Waals surface area contributed by atoms with Gasteiger partial charge >= 0.3 is 3.18 Å². The minimum absolute atomic E-state index is 0.0772. The van der Waals surface area contributed by atoms with Crippen molar-refractivity contribution in [2.45, 2.75) is 23.6 Å². The molecule has 648 valence electrons. The second-order valence-electron chi connectivity index (χ2n) is 28.2. The zero-order chi connectivity index (χ0) is 90.3. The lowest BCUT2D eigenvalue weighted by Crippen LogP contribution is -2.13. The van der Waals surface area contributed by atoms with Crippen LogP contribution in [0.4, 0.5) is 0 Å². The number of nitrogens with zero attached hydrogens (tertiary/aromatic N) is 8. The van der Waals surface area contributed by atoms with E-state index in [0.717, 1.165) is 122 Å². The van der Waals surface area contributed by atoms with E-state index < -0.39 is 20.2 Å². The first-order chi connectivity index (χ1) is 61.9. The number of aromatic amines is 1. The van der Waals surface area contributed by atoms with Crippen LogP contribution in [0, 0.1) is 13.8 Å². The molecule has 20 nitrogen and oxygen atoms in total. The summed E-state index contributed by atoms with van der Waals surface area (Å²) in [6, 6.07) is 92.5. The van der Waals surface area contributed by atoms with Crippen molar-refractivity contribution in [1.29, 1.82) is 0 Å². The van der Waals surface area contributed by atoms with E-state index in [0.29, 0.717) is 26.5 Å². The SMILES string of the molecule is BrB(Br)Br.COc1ccc2cc(-n3ccc4ccccc43)ncc2c1.COc1ccc2cc(Cl)nc(Cl)c2c1.COc1ccc2cc(Cl)ncc2c1.Cc1ccc(S(=O)(=O)OCCBr)cc1.Cc1ccc(S(=O)(=O)OCCOc2ccc3cc(-n4ccc5ccccc54)ncc3c2)cc1.Oc1ccc2cc(-n3ccc4ccccc43)ncc2c1.c1ccc2[nH]ccc2c1. The second-order valence-corrected chi connectivity index (χ2v) is 39.8. The summed E-state index contributed by atoms with van der Waals surface area (Å²) in [6.45, 7) is 3.98. The fourth-order valence-electron chi connectivity index (χ4n) is 13.3. The van der Waals surface area contributed by atoms with Crippen LogP contribution in [0.3, 0.4) is 0 Å². The smallest absolute Gasteiger partial charge is 0.369 e. The lowest BCUT2D eigenvalue weighted by Gasteiger charge is -2.10. The minimum atomic E-state index is -3.80. The fraction of sp³-hybridized carbons (Fsp3) is 0.0918. The summed E-state index contributed by atoms with van der Waals surface area (Å²) in [5.74, 6) is 5.97. The van der Waals surface area contributed by atoms with Gasteiger partial charge in [-0.05, 0) is 226 Å². The molecule has 30 heteroatoms. The number of aryl methyl sites for hydroxylation is 2. The van der Waals surface area contributed by atoms with Crippen LogP contribution in [0.15, 0.2) is 351 Å². The first-order valence-electron chi connectivity index (χ1n) is 39.5. The number of pyridine rings is 5. The molecule has 9 heterocycles. The van der Waals surface area contributed by atoms with Gasteiger partial charge in [0.2, 0.25) is 0 Å². The van der Waals surface area contributed by atoms with E-state index in [2.05, 4.69) is 198 Å². The summed E-state index contributed by atoms with van der Waals surface area (Å²) >= 11 is 29.9. The van der Waals surface area contributed by atoms with Crippen molar-refractivity contribution in [3.8, 4) is 46.2 Å². The van der Waals surface area contributed by atoms with Crippen LogP contribution >= 0.6 is 98.0 Å². The van der Waals surface area contributed by atoms with E-state index in [-0.39, 0.29) is 38.5 Å². The second kappa shape index (κ2) is 44.8. The van der Waals surface area contributed by atoms with Gasteiger partial charge in [-0.25, -0.2) is 24.9 Å². The Bertz CT molecular complexity index is 7420. The average Bonchev–Trinajstić information content (AvgIpc) is 1.64. The number of phenolic OH excluding ortho intramolecular Hbond substituents is 1. The van der Waals surface area contributed by atoms with Gasteiger partial charge in [-0.15, -0.1) is 47.3 Å². The van der Waals surface area contributed by atoms with Crippen LogP contribution in [0.5, 0.6) is 28.7 Å². The third kappa shape index (κ3) is 25.2. The van der Waals surface area contributed by atoms with Crippen molar-refractivity contribution in [1.82, 2.24) is 43.6 Å². The maximum Gasteiger partial charge on any atom is 0.369 e. The molecule has 0 amide bonds. The van der Waals surface area contributed by atoms with Crippen molar-refractivity contribution < 1.29 is 49.3 Å². The van der Waals surface area contributed by atoms with Gasteiger partial charge in [0.25, 0.3) is 20.2 Å². The Morgan fingerprint density at radius 1 is 0.383 bits per heavy atom. The Hall–Kier alpha value is -11.7. The highest BCUT2D eigenvalue weighted by molar-refractivity contribution is 9.69. The summed E-state index contributed by atoms with van der Waals surface area (Å²) in [5, 5.41) is 26.2. The number of hydrogen-bond donors (Lipinski definition) is 2. The first kappa shape index (κ1) is 93.9. The van der Waals surface area contributed by atoms with Gasteiger partial charge in [0.1, 0.15) is 74.9 Å². The molecule has 0 saturated carbocycles. The van der Waals surface area contributed by atoms with Gasteiger partial charge < -0.3 is 42.7 Å². The molecular weight excluding hydrogens is 1980 g/mol. The molecular formula is C98H81BBr4Cl3N9O11S2. The number of alkyl halides is 1. The minimum Gasteiger partial charge on any atom is -0.508 e. The lowest BCUT2D eigenvalue weighted by atomic mass is 10.1. The Labute approximate surface area is 788 Å². The monoisotopic (exact) mass is 2060 g/mol. The molecule has 0 bridgehead atoms. The van der Waals surface area contributed by atoms with Crippen molar-refractivity contribution in [3.63, 3.8) is 0 Å². The number of fused-ring (bicyclic) bond motifs is 9. The average molecular weight is 2060 g/mol. The molecule has 0 spiro atoms. The molecule has 11 aromatic carbocycles. The highest BCUT2D eigenvalue weighted by Gasteiger charge is 2.17. The molecule has 0 aliphatic rings. The number of methoxy groups -OCH3 is 3. The Morgan fingerprint density at radius 3 is 1.23 bits per heavy atom. The van der Waals surface area contributed by atoms with E-state index in [9.17, 15) is 21.9 Å². The van der Waals surface area contributed by atoms with Crippen LogP contribution in [-0.2, 0) is 28.6 Å². The van der Waals surface area contributed by atoms with Gasteiger partial charge in [0, 0.05) is 87.4 Å². The van der Waals surface area contributed by atoms with Gasteiger partial charge in [-0.3, -0.25) is 8.37 Å². The van der Waals surface area contributed by atoms with Crippen molar-refractivity contribution in [2.75, 3.05) is 46.5 Å². The fourth-order valence-corrected chi connectivity index (χ4v) is 16.1. The summed E-state index contributed by atoms with van der Waals surface area (Å²) < 4.78 is 84.9. The topological polar surface area (TPSA) is 239 Å². The van der Waals surface area contributed by atoms with Crippen LogP contribution in [0.1, 0.15) is 11.1 Å². The number of phenols is 1. The summed E-state index contributed by atoms with van der Waals surface area (Å²) in [4.78, 5) is 25.1. The predicted octanol–water partition coefficient (Wildman–Crippen LogP) is 26.2. The zero-order valence-corrected chi connectivity index (χ0v) is 79.6. The van der Waals surface area contributed by atoms with Gasteiger partial charge in [-0.2, -0.15) is 16.8 Å². The van der Waals surface area contributed by atoms with Crippen molar-refractivity contribution in [2.24, 2.45) is 0 Å². The third-order valence-corrected chi connectivity index (χ3v) is 23.3. The summed E-state index contributed by atoms with van der Waals surface area (Å²) in [7, 11) is -2.44. The molecule has 128 heavy (non-hydrogen) atoms. The molecule has 0 saturated heterocycles. The Kier molecular flexibility index (Phi) is 32.9. The van der Waals surface area contributed by atoms with Crippen molar-refractivity contribution >= 4 is 219 Å². The standard InChI is InChI=1S/C26H22N2O4S.C18H14N2O.C17H12N2O.C10H7Cl2NO.C10H8ClNO.C9H11BrO3S.C8H7N.BBr3/c1-19-6-10-24(11-7-19)33(29,30)32-15-14-31-23-9-8-21-17-26(27-18-22(21)16-23)28-13-12-20-4-2-3-5-25(20)28;1-21-16-7-6-14-11-18(19-12-15(14)10-16)20-9-8-13-4-2-3-5-17(13)20;20-15-6-5-13-10-17(18-11-14(13)9-15)19-8-7-12-3-1-2-4-16(12)19;1-14-7-3-2-6-4-9(11)13-10(12)8(6)5-7;1-13-9-3-2-7-5-10(11)12-6-8(7)4-9;1-8-2-4-9(5-3-8)14(11,12)13-7-6-10;1-2-4-8-7(3-1)5-6-9-8;2-1(3)4/h2-13,16-18H,14-15H2,1H3;2-12H,1H3;1-11,20H;2-5H,1H3;2-6H,1H3;2-5H,6-7H2,1H3;1-6,9H;. The van der Waals surface area contributed by atoms with E-state index >= 15 is 0 Å². The van der Waals surface area contributed by atoms with E-state index in [1.54, 1.807) is 88.3 Å². The number of aromatic nitrogens is 9. The molecule has 0 unspecified atom stereocenters. The number of aromatic hydroxyl groups is 1. The largest absolute Gasteiger partial charge is 0.508 e. The quantitative estimate of drug-likeness (QED) is 0.0300. The number of ether oxygens (including phenoxy) is 4. The zero-order valence-electron chi connectivity index (χ0n) is 69.3. The Balaban J connectivity index is 0.000000131. The molecule has 0 aliphatic heterocycles. The van der Waals surface area contributed by atoms with E-state index in [4.69, 9.17) is 62.1 Å². The molecule has 0 aliphatic carbocycles. The van der Waals surface area contributed by atoms with Crippen LogP contribution in [-0.4, -0.2) is 115 Å². The number of benzene rings is 11. The van der Waals surface area contributed by atoms with Crippen LogP contribution < -0.4 is 18.9 Å². The number of hydrogen-bond acceptors (Lipinski definition) is 16. The van der Waals surface area contributed by atoms with Gasteiger partial charge in [0.15, 0.2) is 0 Å². The number of H-pyrrole nitrogens is 1. The van der Waals surface area contributed by atoms with Crippen LogP contribution in [0.25, 0.3) is 115 Å². The van der Waals surface area contributed by atoms with Crippen molar-refractivity contribution in [3.05, 3.63) is 367 Å².